The van der Waals surface area contributed by atoms with Gasteiger partial charge >= 0.3 is 0 Å². The van der Waals surface area contributed by atoms with Crippen molar-refractivity contribution in [2.24, 2.45) is 5.92 Å². The molecule has 23 heavy (non-hydrogen) atoms. The quantitative estimate of drug-likeness (QED) is 0.938. The second-order valence-corrected chi connectivity index (χ2v) is 6.15. The highest BCUT2D eigenvalue weighted by Crippen LogP contribution is 2.23. The first-order chi connectivity index (χ1) is 11.1. The molecular weight excluding hydrogens is 294 g/mol. The first-order valence-electron chi connectivity index (χ1n) is 8.03. The van der Waals surface area contributed by atoms with Crippen molar-refractivity contribution in [1.82, 2.24) is 14.9 Å². The molecule has 0 bridgehead atoms. The minimum absolute atomic E-state index is 0.00646. The number of amides is 1. The van der Waals surface area contributed by atoms with Gasteiger partial charge in [-0.1, -0.05) is 19.8 Å². The Labute approximate surface area is 134 Å². The molecule has 0 aliphatic heterocycles. The molecule has 1 aliphatic carbocycles. The lowest BCUT2D eigenvalue weighted by molar-refractivity contribution is -0.123. The van der Waals surface area contributed by atoms with Gasteiger partial charge in [0.25, 0.3) is 5.56 Å². The zero-order chi connectivity index (χ0) is 16.2. The van der Waals surface area contributed by atoms with Crippen LogP contribution in [0.1, 0.15) is 32.6 Å². The van der Waals surface area contributed by atoms with Gasteiger partial charge in [0.15, 0.2) is 5.76 Å². The SMILES string of the molecule is CC1CCCCC1NC(=O)Cn1cnc(-c2ccco2)cc1=O. The van der Waals surface area contributed by atoms with E-state index >= 15 is 0 Å². The fraction of sp³-hybridized carbons (Fsp3) is 0.471. The summed E-state index contributed by atoms with van der Waals surface area (Å²) < 4.78 is 6.53. The highest BCUT2D eigenvalue weighted by molar-refractivity contribution is 5.76. The molecule has 6 heteroatoms. The number of furan rings is 1. The standard InChI is InChI=1S/C17H21N3O3/c1-12-5-2-3-6-13(12)19-16(21)10-20-11-18-14(9-17(20)22)15-7-4-8-23-15/h4,7-9,11-13H,2-3,5-6,10H2,1H3,(H,19,21). The van der Waals surface area contributed by atoms with E-state index in [4.69, 9.17) is 4.42 Å². The van der Waals surface area contributed by atoms with Gasteiger partial charge < -0.3 is 9.73 Å². The lowest BCUT2D eigenvalue weighted by atomic mass is 9.86. The van der Waals surface area contributed by atoms with Gasteiger partial charge in [-0.05, 0) is 30.9 Å². The van der Waals surface area contributed by atoms with Crippen molar-refractivity contribution in [2.45, 2.75) is 45.2 Å². The van der Waals surface area contributed by atoms with E-state index < -0.39 is 0 Å². The first kappa shape index (κ1) is 15.5. The van der Waals surface area contributed by atoms with E-state index in [1.54, 1.807) is 12.1 Å². The highest BCUT2D eigenvalue weighted by Gasteiger charge is 2.22. The monoisotopic (exact) mass is 315 g/mol. The van der Waals surface area contributed by atoms with Crippen molar-refractivity contribution < 1.29 is 9.21 Å². The van der Waals surface area contributed by atoms with Gasteiger partial charge in [-0.3, -0.25) is 14.2 Å². The third-order valence-corrected chi connectivity index (χ3v) is 4.42. The summed E-state index contributed by atoms with van der Waals surface area (Å²) in [5, 5.41) is 3.04. The second kappa shape index (κ2) is 6.81. The maximum atomic E-state index is 12.2. The van der Waals surface area contributed by atoms with Crippen LogP contribution in [0.2, 0.25) is 0 Å². The number of nitrogens with one attached hydrogen (secondary N) is 1. The van der Waals surface area contributed by atoms with Gasteiger partial charge in [-0.25, -0.2) is 4.98 Å². The Hall–Kier alpha value is -2.37. The van der Waals surface area contributed by atoms with Crippen LogP contribution in [-0.4, -0.2) is 21.5 Å². The van der Waals surface area contributed by atoms with Gasteiger partial charge in [0, 0.05) is 12.1 Å². The van der Waals surface area contributed by atoms with Crippen LogP contribution in [0.15, 0.2) is 40.0 Å². The molecule has 1 aliphatic rings. The molecule has 2 atom stereocenters. The van der Waals surface area contributed by atoms with Crippen LogP contribution in [-0.2, 0) is 11.3 Å². The lowest BCUT2D eigenvalue weighted by Gasteiger charge is -2.29. The second-order valence-electron chi connectivity index (χ2n) is 6.15. The molecule has 0 spiro atoms. The van der Waals surface area contributed by atoms with Crippen LogP contribution in [0.5, 0.6) is 0 Å². The third kappa shape index (κ3) is 3.70. The molecule has 2 aromatic rings. The largest absolute Gasteiger partial charge is 0.463 e. The fourth-order valence-corrected chi connectivity index (χ4v) is 3.04. The number of rotatable bonds is 4. The van der Waals surface area contributed by atoms with Gasteiger partial charge in [0.1, 0.15) is 12.2 Å². The van der Waals surface area contributed by atoms with Crippen molar-refractivity contribution in [2.75, 3.05) is 0 Å². The zero-order valence-electron chi connectivity index (χ0n) is 13.2. The van der Waals surface area contributed by atoms with Crippen molar-refractivity contribution in [3.05, 3.63) is 41.1 Å². The van der Waals surface area contributed by atoms with Gasteiger partial charge in [0.2, 0.25) is 5.91 Å². The van der Waals surface area contributed by atoms with Gasteiger partial charge in [-0.2, -0.15) is 0 Å². The Morgan fingerprint density at radius 1 is 1.43 bits per heavy atom. The van der Waals surface area contributed by atoms with E-state index in [9.17, 15) is 9.59 Å². The minimum atomic E-state index is -0.266. The predicted octanol–water partition coefficient (Wildman–Crippen LogP) is 2.20. The molecule has 6 nitrogen and oxygen atoms in total. The average molecular weight is 315 g/mol. The molecule has 1 fully saturated rings. The number of hydrogen-bond acceptors (Lipinski definition) is 4. The van der Waals surface area contributed by atoms with Gasteiger partial charge in [-0.15, -0.1) is 0 Å². The molecule has 0 radical (unpaired) electrons. The average Bonchev–Trinajstić information content (AvgIpc) is 3.06. The van der Waals surface area contributed by atoms with Crippen LogP contribution in [0.3, 0.4) is 0 Å². The summed E-state index contributed by atoms with van der Waals surface area (Å²) in [6.45, 7) is 2.16. The highest BCUT2D eigenvalue weighted by atomic mass is 16.3. The van der Waals surface area contributed by atoms with Crippen LogP contribution in [0.4, 0.5) is 0 Å². The molecule has 2 aromatic heterocycles. The summed E-state index contributed by atoms with van der Waals surface area (Å²) in [7, 11) is 0. The topological polar surface area (TPSA) is 77.1 Å². The Morgan fingerprint density at radius 3 is 2.96 bits per heavy atom. The van der Waals surface area contributed by atoms with E-state index in [0.717, 1.165) is 19.3 Å². The smallest absolute Gasteiger partial charge is 0.254 e. The molecule has 2 unspecified atom stereocenters. The summed E-state index contributed by atoms with van der Waals surface area (Å²) in [6, 6.07) is 5.07. The van der Waals surface area contributed by atoms with Crippen molar-refractivity contribution in [3.63, 3.8) is 0 Å². The number of nitrogens with zero attached hydrogens (tertiary/aromatic N) is 2. The molecule has 122 valence electrons. The number of hydrogen-bond donors (Lipinski definition) is 1. The van der Waals surface area contributed by atoms with E-state index in [2.05, 4.69) is 17.2 Å². The summed E-state index contributed by atoms with van der Waals surface area (Å²) in [5.41, 5.74) is 0.204. The Kier molecular flexibility index (Phi) is 4.60. The summed E-state index contributed by atoms with van der Waals surface area (Å²) in [5.74, 6) is 0.886. The zero-order valence-corrected chi connectivity index (χ0v) is 13.2. The fourth-order valence-electron chi connectivity index (χ4n) is 3.04. The first-order valence-corrected chi connectivity index (χ1v) is 8.03. The van der Waals surface area contributed by atoms with Crippen LogP contribution in [0.25, 0.3) is 11.5 Å². The maximum Gasteiger partial charge on any atom is 0.254 e. The third-order valence-electron chi connectivity index (χ3n) is 4.42. The molecule has 1 saturated carbocycles. The minimum Gasteiger partial charge on any atom is -0.463 e. The van der Waals surface area contributed by atoms with Crippen LogP contribution >= 0.6 is 0 Å². The number of aromatic nitrogens is 2. The maximum absolute atomic E-state index is 12.2. The summed E-state index contributed by atoms with van der Waals surface area (Å²) in [4.78, 5) is 28.5. The van der Waals surface area contributed by atoms with Gasteiger partial charge in [0.05, 0.1) is 12.6 Å². The molecule has 1 amide bonds. The normalized spacial score (nSPS) is 21.1. The Morgan fingerprint density at radius 2 is 2.26 bits per heavy atom. The molecule has 1 N–H and O–H groups in total. The van der Waals surface area contributed by atoms with E-state index in [1.165, 1.54) is 29.6 Å². The molecule has 0 aromatic carbocycles. The van der Waals surface area contributed by atoms with Crippen LogP contribution < -0.4 is 10.9 Å². The summed E-state index contributed by atoms with van der Waals surface area (Å²) in [6.07, 6.45) is 7.45. The van der Waals surface area contributed by atoms with Crippen molar-refractivity contribution in [3.8, 4) is 11.5 Å². The number of carbonyl (C=O) groups is 1. The number of carbonyl (C=O) groups excluding carboxylic acids is 1. The Balaban J connectivity index is 1.65. The van der Waals surface area contributed by atoms with E-state index in [0.29, 0.717) is 17.4 Å². The predicted molar refractivity (Wildman–Crippen MR) is 85.8 cm³/mol. The van der Waals surface area contributed by atoms with Crippen molar-refractivity contribution >= 4 is 5.91 Å². The molecular formula is C17H21N3O3. The lowest BCUT2D eigenvalue weighted by Crippen LogP contribution is -2.43. The van der Waals surface area contributed by atoms with E-state index in [1.807, 2.05) is 0 Å². The van der Waals surface area contributed by atoms with Crippen molar-refractivity contribution in [1.29, 1.82) is 0 Å². The Bertz CT molecular complexity index is 721. The van der Waals surface area contributed by atoms with Crippen LogP contribution in [0, 0.1) is 5.92 Å². The molecule has 2 heterocycles. The summed E-state index contributed by atoms with van der Waals surface area (Å²) >= 11 is 0. The molecule has 0 saturated heterocycles. The molecule has 3 rings (SSSR count). The van der Waals surface area contributed by atoms with E-state index in [-0.39, 0.29) is 24.1 Å².